The molecule has 1 N–H and O–H groups in total. The van der Waals surface area contributed by atoms with E-state index < -0.39 is 32.6 Å². The fourth-order valence-electron chi connectivity index (χ4n) is 3.25. The molecule has 2 heterocycles. The Labute approximate surface area is 177 Å². The number of benzene rings is 1. The second-order valence-corrected chi connectivity index (χ2v) is 9.38. The number of pyridine rings is 1. The number of amides is 1. The first-order valence-electron chi connectivity index (χ1n) is 9.09. The molecule has 6 nitrogen and oxygen atoms in total. The lowest BCUT2D eigenvalue weighted by Crippen LogP contribution is -2.41. The van der Waals surface area contributed by atoms with E-state index in [9.17, 15) is 26.4 Å². The molecule has 1 aliphatic rings. The van der Waals surface area contributed by atoms with E-state index in [0.717, 1.165) is 10.4 Å². The van der Waals surface area contributed by atoms with E-state index in [-0.39, 0.29) is 37.4 Å². The fourth-order valence-corrected chi connectivity index (χ4v) is 4.86. The third-order valence-corrected chi connectivity index (χ3v) is 7.07. The Balaban J connectivity index is 1.68. The van der Waals surface area contributed by atoms with Gasteiger partial charge in [-0.05, 0) is 49.6 Å². The van der Waals surface area contributed by atoms with Crippen LogP contribution >= 0.6 is 11.6 Å². The van der Waals surface area contributed by atoms with Gasteiger partial charge in [-0.3, -0.25) is 4.79 Å². The summed E-state index contributed by atoms with van der Waals surface area (Å²) in [6.07, 6.45) is -2.76. The monoisotopic (exact) mass is 461 g/mol. The summed E-state index contributed by atoms with van der Waals surface area (Å²) in [5.41, 5.74) is -1.03. The normalized spacial score (nSPS) is 16.4. The second-order valence-electron chi connectivity index (χ2n) is 7.00. The molecular formula is C19H19ClF3N3O3S. The zero-order valence-electron chi connectivity index (χ0n) is 15.9. The third kappa shape index (κ3) is 4.93. The molecular weight excluding hydrogens is 443 g/mol. The van der Waals surface area contributed by atoms with Crippen LogP contribution in [0.25, 0.3) is 0 Å². The van der Waals surface area contributed by atoms with E-state index in [4.69, 9.17) is 11.6 Å². The number of hydrogen-bond donors (Lipinski definition) is 1. The van der Waals surface area contributed by atoms with Crippen LogP contribution in [0.2, 0.25) is 5.02 Å². The number of alkyl halides is 3. The molecule has 1 fully saturated rings. The molecule has 11 heteroatoms. The van der Waals surface area contributed by atoms with Gasteiger partial charge in [0.25, 0.3) is 0 Å². The Hall–Kier alpha value is -2.17. The van der Waals surface area contributed by atoms with Crippen LogP contribution < -0.4 is 5.32 Å². The maximum absolute atomic E-state index is 13.1. The number of piperidine rings is 1. The number of carbonyl (C=O) groups is 1. The third-order valence-electron chi connectivity index (χ3n) is 4.96. The van der Waals surface area contributed by atoms with Gasteiger partial charge in [0, 0.05) is 25.2 Å². The highest BCUT2D eigenvalue weighted by Gasteiger charge is 2.36. The number of anilines is 1. The number of aryl methyl sites for hydroxylation is 1. The van der Waals surface area contributed by atoms with E-state index in [1.807, 2.05) is 0 Å². The molecule has 0 spiro atoms. The number of sulfonamides is 1. The molecule has 1 aromatic heterocycles. The van der Waals surface area contributed by atoms with Crippen LogP contribution in [0.4, 0.5) is 19.0 Å². The molecule has 3 rings (SSSR count). The van der Waals surface area contributed by atoms with Crippen molar-refractivity contribution in [2.45, 2.75) is 30.8 Å². The van der Waals surface area contributed by atoms with Crippen molar-refractivity contribution in [1.82, 2.24) is 9.29 Å². The van der Waals surface area contributed by atoms with Crippen molar-refractivity contribution < 1.29 is 26.4 Å². The molecule has 1 aliphatic heterocycles. The van der Waals surface area contributed by atoms with Gasteiger partial charge < -0.3 is 5.32 Å². The van der Waals surface area contributed by atoms with Crippen LogP contribution in [0.1, 0.15) is 24.0 Å². The summed E-state index contributed by atoms with van der Waals surface area (Å²) >= 11 is 5.75. The molecule has 2 aromatic rings. The van der Waals surface area contributed by atoms with Crippen molar-refractivity contribution in [3.63, 3.8) is 0 Å². The van der Waals surface area contributed by atoms with E-state index >= 15 is 0 Å². The fraction of sp³-hybridized carbons (Fsp3) is 0.368. The van der Waals surface area contributed by atoms with Crippen LogP contribution in [0.5, 0.6) is 0 Å². The number of rotatable bonds is 4. The molecule has 0 bridgehead atoms. The summed E-state index contributed by atoms with van der Waals surface area (Å²) in [6.45, 7) is 1.34. The van der Waals surface area contributed by atoms with Crippen molar-refractivity contribution in [2.24, 2.45) is 5.92 Å². The molecule has 0 atom stereocenters. The minimum Gasteiger partial charge on any atom is -0.310 e. The smallest absolute Gasteiger partial charge is 0.310 e. The lowest BCUT2D eigenvalue weighted by Gasteiger charge is -2.30. The molecule has 1 amide bonds. The average Bonchev–Trinajstić information content (AvgIpc) is 2.69. The molecule has 1 aromatic carbocycles. The quantitative estimate of drug-likeness (QED) is 0.743. The Morgan fingerprint density at radius 2 is 1.87 bits per heavy atom. The number of halogens is 4. The summed E-state index contributed by atoms with van der Waals surface area (Å²) in [5, 5.41) is 3.08. The SMILES string of the molecule is Cc1ccc(S(=O)(=O)N2CCC(C(=O)Nc3ccc(Cl)cn3)CC2)cc1C(F)(F)F. The number of hydrogen-bond acceptors (Lipinski definition) is 4. The topological polar surface area (TPSA) is 79.4 Å². The summed E-state index contributed by atoms with van der Waals surface area (Å²) in [5.74, 6) is -0.395. The largest absolute Gasteiger partial charge is 0.416 e. The zero-order valence-corrected chi connectivity index (χ0v) is 17.5. The Morgan fingerprint density at radius 3 is 2.43 bits per heavy atom. The van der Waals surface area contributed by atoms with Crippen molar-refractivity contribution in [3.05, 3.63) is 52.7 Å². The van der Waals surface area contributed by atoms with Crippen LogP contribution in [-0.2, 0) is 21.0 Å². The number of nitrogens with one attached hydrogen (secondary N) is 1. The molecule has 1 saturated heterocycles. The second kappa shape index (κ2) is 8.52. The summed E-state index contributed by atoms with van der Waals surface area (Å²) in [6, 6.07) is 6.11. The van der Waals surface area contributed by atoms with E-state index in [1.165, 1.54) is 19.2 Å². The lowest BCUT2D eigenvalue weighted by atomic mass is 9.97. The van der Waals surface area contributed by atoms with Gasteiger partial charge in [-0.25, -0.2) is 13.4 Å². The Bertz CT molecular complexity index is 1040. The molecule has 0 aliphatic carbocycles. The van der Waals surface area contributed by atoms with Crippen molar-refractivity contribution in [3.8, 4) is 0 Å². The molecule has 0 radical (unpaired) electrons. The first-order valence-corrected chi connectivity index (χ1v) is 10.9. The number of aromatic nitrogens is 1. The van der Waals surface area contributed by atoms with Crippen LogP contribution in [0.3, 0.4) is 0 Å². The zero-order chi connectivity index (χ0) is 22.1. The van der Waals surface area contributed by atoms with Gasteiger partial charge in [0.2, 0.25) is 15.9 Å². The molecule has 162 valence electrons. The first-order chi connectivity index (χ1) is 14.0. The van der Waals surface area contributed by atoms with E-state index in [2.05, 4.69) is 10.3 Å². The van der Waals surface area contributed by atoms with Crippen molar-refractivity contribution in [2.75, 3.05) is 18.4 Å². The highest BCUT2D eigenvalue weighted by molar-refractivity contribution is 7.89. The van der Waals surface area contributed by atoms with E-state index in [0.29, 0.717) is 16.9 Å². The number of carbonyl (C=O) groups excluding carboxylic acids is 1. The van der Waals surface area contributed by atoms with Crippen molar-refractivity contribution >= 4 is 33.3 Å². The van der Waals surface area contributed by atoms with Gasteiger partial charge in [0.15, 0.2) is 0 Å². The predicted molar refractivity (Wildman–Crippen MR) is 106 cm³/mol. The average molecular weight is 462 g/mol. The first kappa shape index (κ1) is 22.5. The van der Waals surface area contributed by atoms with Gasteiger partial charge in [0.05, 0.1) is 15.5 Å². The highest BCUT2D eigenvalue weighted by atomic mass is 35.5. The van der Waals surface area contributed by atoms with Gasteiger partial charge in [-0.2, -0.15) is 17.5 Å². The van der Waals surface area contributed by atoms with Crippen LogP contribution in [0.15, 0.2) is 41.4 Å². The number of nitrogens with zero attached hydrogens (tertiary/aromatic N) is 2. The van der Waals surface area contributed by atoms with Gasteiger partial charge in [0.1, 0.15) is 5.82 Å². The van der Waals surface area contributed by atoms with Gasteiger partial charge in [-0.1, -0.05) is 17.7 Å². The maximum Gasteiger partial charge on any atom is 0.416 e. The lowest BCUT2D eigenvalue weighted by molar-refractivity contribution is -0.138. The standard InChI is InChI=1S/C19H19ClF3N3O3S/c1-12-2-4-15(10-16(12)19(21,22)23)30(28,29)26-8-6-13(7-9-26)18(27)25-17-5-3-14(20)11-24-17/h2-5,10-11,13H,6-9H2,1H3,(H,24,25,27). The van der Waals surface area contributed by atoms with Crippen LogP contribution in [-0.4, -0.2) is 36.7 Å². The van der Waals surface area contributed by atoms with Gasteiger partial charge >= 0.3 is 6.18 Å². The van der Waals surface area contributed by atoms with Crippen LogP contribution in [0, 0.1) is 12.8 Å². The predicted octanol–water partition coefficient (Wildman–Crippen LogP) is 4.10. The Kier molecular flexibility index (Phi) is 6.40. The molecule has 0 unspecified atom stereocenters. The highest BCUT2D eigenvalue weighted by Crippen LogP contribution is 2.34. The minimum atomic E-state index is -4.64. The van der Waals surface area contributed by atoms with Gasteiger partial charge in [-0.15, -0.1) is 0 Å². The minimum absolute atomic E-state index is 0.0314. The maximum atomic E-state index is 13.1. The van der Waals surface area contributed by atoms with E-state index in [1.54, 1.807) is 12.1 Å². The summed E-state index contributed by atoms with van der Waals surface area (Å²) in [4.78, 5) is 16.0. The summed E-state index contributed by atoms with van der Waals surface area (Å²) < 4.78 is 66.1. The molecule has 30 heavy (non-hydrogen) atoms. The Morgan fingerprint density at radius 1 is 1.20 bits per heavy atom. The molecule has 0 saturated carbocycles. The summed E-state index contributed by atoms with van der Waals surface area (Å²) in [7, 11) is -4.10. The van der Waals surface area contributed by atoms with Crippen molar-refractivity contribution in [1.29, 1.82) is 0 Å².